The predicted molar refractivity (Wildman–Crippen MR) is 155 cm³/mol. The Bertz CT molecular complexity index is 2050. The number of phenolic OH excluding ortho intramolecular Hbond substituents is 2. The zero-order valence-electron chi connectivity index (χ0n) is 24.3. The van der Waals surface area contributed by atoms with Crippen LogP contribution in [0.25, 0.3) is 0 Å². The van der Waals surface area contributed by atoms with Crippen LogP contribution in [0, 0.1) is 20.2 Å². The van der Waals surface area contributed by atoms with E-state index in [9.17, 15) is 59.8 Å². The van der Waals surface area contributed by atoms with Crippen molar-refractivity contribution in [1.29, 1.82) is 0 Å². The SMILES string of the molecule is Cn1c(O)c(N=Nc2ccc([N+](=O)[O-])cc2O)c(=O)n(C)c1=O.Cn1c(O)c(N=Nc2ccc([N+](=O)[O-])cc2O)c(=O)n(C)c1=O.[Co]. The Balaban J connectivity index is 0.000000320. The Hall–Kier alpha value is -6.49. The fraction of sp³-hybridized carbons (Fsp3) is 0.167. The van der Waals surface area contributed by atoms with Gasteiger partial charge in [0.1, 0.15) is 22.9 Å². The summed E-state index contributed by atoms with van der Waals surface area (Å²) < 4.78 is 3.05. The molecule has 0 unspecified atom stereocenters. The maximum atomic E-state index is 11.9. The summed E-state index contributed by atoms with van der Waals surface area (Å²) in [5.74, 6) is -2.43. The minimum absolute atomic E-state index is 0. The molecular weight excluding hydrogens is 679 g/mol. The number of non-ortho nitro benzene ring substituents is 2. The maximum Gasteiger partial charge on any atom is 0.333 e. The molecule has 0 aliphatic rings. The number of nitro benzene ring substituents is 2. The van der Waals surface area contributed by atoms with Gasteiger partial charge in [-0.05, 0) is 12.1 Å². The average molecular weight is 701 g/mol. The number of aromatic hydroxyl groups is 4. The molecule has 1 radical (unpaired) electrons. The number of hydrogen-bond acceptors (Lipinski definition) is 16. The molecule has 0 amide bonds. The largest absolute Gasteiger partial charge is 0.505 e. The first-order chi connectivity index (χ1) is 21.5. The molecule has 4 aromatic rings. The van der Waals surface area contributed by atoms with Crippen molar-refractivity contribution < 1.29 is 47.1 Å². The number of phenols is 2. The van der Waals surface area contributed by atoms with Crippen LogP contribution in [0.1, 0.15) is 0 Å². The summed E-state index contributed by atoms with van der Waals surface area (Å²) in [4.78, 5) is 66.7. The number of aromatic nitrogens is 4. The fourth-order valence-electron chi connectivity index (χ4n) is 3.43. The van der Waals surface area contributed by atoms with Crippen molar-refractivity contribution >= 4 is 34.1 Å². The first-order valence-electron chi connectivity index (χ1n) is 12.2. The number of nitrogens with zero attached hydrogens (tertiary/aromatic N) is 10. The monoisotopic (exact) mass is 701 g/mol. The molecule has 0 saturated heterocycles. The van der Waals surface area contributed by atoms with Crippen LogP contribution in [-0.2, 0) is 45.0 Å². The molecule has 4 N–H and O–H groups in total. The number of hydrogen-bond donors (Lipinski definition) is 4. The Morgan fingerprint density at radius 1 is 0.574 bits per heavy atom. The summed E-state index contributed by atoms with van der Waals surface area (Å²) >= 11 is 0. The zero-order valence-corrected chi connectivity index (χ0v) is 25.4. The quantitative estimate of drug-likeness (QED) is 0.127. The van der Waals surface area contributed by atoms with Gasteiger partial charge in [-0.2, -0.15) is 0 Å². The van der Waals surface area contributed by atoms with Crippen molar-refractivity contribution in [3.8, 4) is 23.3 Å². The molecule has 0 fully saturated rings. The summed E-state index contributed by atoms with van der Waals surface area (Å²) in [7, 11) is 4.87. The van der Waals surface area contributed by atoms with Gasteiger partial charge in [-0.1, -0.05) is 0 Å². The second kappa shape index (κ2) is 14.5. The van der Waals surface area contributed by atoms with Crippen LogP contribution in [0.4, 0.5) is 34.1 Å². The van der Waals surface area contributed by atoms with Gasteiger partial charge in [-0.25, -0.2) is 9.59 Å². The molecule has 4 rings (SSSR count). The van der Waals surface area contributed by atoms with Crippen molar-refractivity contribution in [2.75, 3.05) is 0 Å². The first-order valence-corrected chi connectivity index (χ1v) is 12.2. The zero-order chi connectivity index (χ0) is 34.6. The molecule has 2 heterocycles. The molecule has 0 bridgehead atoms. The molecule has 249 valence electrons. The molecular formula is C24H22CoN10O12. The van der Waals surface area contributed by atoms with Gasteiger partial charge in [0.25, 0.3) is 22.5 Å². The van der Waals surface area contributed by atoms with Gasteiger partial charge < -0.3 is 20.4 Å². The molecule has 0 saturated carbocycles. The van der Waals surface area contributed by atoms with Gasteiger partial charge in [0, 0.05) is 57.1 Å². The van der Waals surface area contributed by atoms with E-state index < -0.39 is 67.0 Å². The van der Waals surface area contributed by atoms with E-state index in [0.717, 1.165) is 54.7 Å². The standard InChI is InChI=1S/2C12H11N5O6.Co/c2*1-15-10(19)9(11(20)16(2)12(15)21)14-13-7-4-3-6(17(22)23)5-8(7)18;/h2*3-5,18-19H,1-2H3;. The Labute approximate surface area is 269 Å². The minimum atomic E-state index is -0.879. The smallest absolute Gasteiger partial charge is 0.333 e. The molecule has 2 aromatic heterocycles. The normalized spacial score (nSPS) is 10.8. The second-order valence-corrected chi connectivity index (χ2v) is 9.02. The molecule has 47 heavy (non-hydrogen) atoms. The van der Waals surface area contributed by atoms with E-state index in [1.165, 1.54) is 28.2 Å². The van der Waals surface area contributed by atoms with E-state index in [1.54, 1.807) is 0 Å². The Kier molecular flexibility index (Phi) is 11.3. The number of rotatable bonds is 6. The van der Waals surface area contributed by atoms with E-state index in [2.05, 4.69) is 20.5 Å². The molecule has 0 spiro atoms. The molecule has 23 heteroatoms. The van der Waals surface area contributed by atoms with Crippen molar-refractivity contribution in [2.45, 2.75) is 0 Å². The molecule has 0 aliphatic heterocycles. The van der Waals surface area contributed by atoms with Crippen LogP contribution in [0.15, 0.2) is 76.0 Å². The maximum absolute atomic E-state index is 11.9. The van der Waals surface area contributed by atoms with Gasteiger partial charge in [-0.3, -0.25) is 48.1 Å². The number of benzene rings is 2. The van der Waals surface area contributed by atoms with Gasteiger partial charge in [0.15, 0.2) is 0 Å². The van der Waals surface area contributed by atoms with Gasteiger partial charge in [-0.15, -0.1) is 20.5 Å². The van der Waals surface area contributed by atoms with Crippen molar-refractivity contribution in [2.24, 2.45) is 48.6 Å². The fourth-order valence-corrected chi connectivity index (χ4v) is 3.43. The third-order valence-corrected chi connectivity index (χ3v) is 6.08. The number of azo groups is 2. The van der Waals surface area contributed by atoms with Crippen molar-refractivity contribution in [3.05, 3.63) is 98.3 Å². The van der Waals surface area contributed by atoms with Gasteiger partial charge in [0.05, 0.1) is 22.0 Å². The van der Waals surface area contributed by atoms with Crippen LogP contribution in [0.5, 0.6) is 23.3 Å². The summed E-state index contributed by atoms with van der Waals surface area (Å²) in [6, 6.07) is 6.17. The van der Waals surface area contributed by atoms with Crippen molar-refractivity contribution in [3.63, 3.8) is 0 Å². The average Bonchev–Trinajstić information content (AvgIpc) is 3.02. The van der Waals surface area contributed by atoms with Crippen molar-refractivity contribution in [1.82, 2.24) is 18.3 Å². The second-order valence-electron chi connectivity index (χ2n) is 9.02. The minimum Gasteiger partial charge on any atom is -0.505 e. The summed E-state index contributed by atoms with van der Waals surface area (Å²) in [5, 5.41) is 74.2. The topological polar surface area (TPSA) is 305 Å². The van der Waals surface area contributed by atoms with Crippen LogP contribution < -0.4 is 22.5 Å². The predicted octanol–water partition coefficient (Wildman–Crippen LogP) is 1.64. The summed E-state index contributed by atoms with van der Waals surface area (Å²) in [6.45, 7) is 0. The molecule has 0 atom stereocenters. The van der Waals surface area contributed by atoms with Crippen LogP contribution in [-0.4, -0.2) is 48.5 Å². The summed E-state index contributed by atoms with van der Waals surface area (Å²) in [6.07, 6.45) is 0. The molecule has 22 nitrogen and oxygen atoms in total. The van der Waals surface area contributed by atoms with Crippen LogP contribution in [0.2, 0.25) is 0 Å². The third-order valence-electron chi connectivity index (χ3n) is 6.08. The summed E-state index contributed by atoms with van der Waals surface area (Å²) in [5.41, 5.74) is -5.25. The van der Waals surface area contributed by atoms with E-state index in [1.807, 2.05) is 0 Å². The van der Waals surface area contributed by atoms with Crippen LogP contribution in [0.3, 0.4) is 0 Å². The van der Waals surface area contributed by atoms with E-state index in [0.29, 0.717) is 0 Å². The Morgan fingerprint density at radius 2 is 0.894 bits per heavy atom. The van der Waals surface area contributed by atoms with Gasteiger partial charge >= 0.3 is 11.4 Å². The Morgan fingerprint density at radius 3 is 1.17 bits per heavy atom. The van der Waals surface area contributed by atoms with Gasteiger partial charge in [0.2, 0.25) is 23.1 Å². The van der Waals surface area contributed by atoms with E-state index in [4.69, 9.17) is 0 Å². The first kappa shape index (κ1) is 36.7. The third kappa shape index (κ3) is 7.60. The van der Waals surface area contributed by atoms with E-state index >= 15 is 0 Å². The van der Waals surface area contributed by atoms with E-state index in [-0.39, 0.29) is 39.5 Å². The molecule has 0 aliphatic carbocycles. The number of nitro groups is 2. The van der Waals surface area contributed by atoms with Crippen LogP contribution >= 0.6 is 0 Å². The molecule has 2 aromatic carbocycles.